The minimum absolute atomic E-state index is 0.252. The minimum atomic E-state index is -0.613. The molecule has 0 bridgehead atoms. The van der Waals surface area contributed by atoms with Gasteiger partial charge in [0.25, 0.3) is 5.91 Å². The predicted octanol–water partition coefficient (Wildman–Crippen LogP) is 0.721. The molecule has 1 saturated heterocycles. The number of nitrogens with one attached hydrogen (secondary N) is 2. The summed E-state index contributed by atoms with van der Waals surface area (Å²) in [6, 6.07) is 13.2. The number of carbonyl (C=O) groups is 1. The topological polar surface area (TPSA) is 117 Å². The Balaban J connectivity index is 1.40. The molecule has 0 aliphatic carbocycles. The highest BCUT2D eigenvalue weighted by molar-refractivity contribution is 5.81. The lowest BCUT2D eigenvalue weighted by Gasteiger charge is -2.18. The van der Waals surface area contributed by atoms with Gasteiger partial charge in [-0.2, -0.15) is 5.26 Å². The van der Waals surface area contributed by atoms with Crippen molar-refractivity contribution < 1.29 is 9.53 Å². The summed E-state index contributed by atoms with van der Waals surface area (Å²) in [5.41, 5.74) is 3.65. The Bertz CT molecular complexity index is 1020. The molecule has 1 aliphatic heterocycles. The van der Waals surface area contributed by atoms with Crippen LogP contribution in [-0.2, 0) is 16.0 Å². The lowest BCUT2D eigenvalue weighted by atomic mass is 10.0. The van der Waals surface area contributed by atoms with E-state index in [0.29, 0.717) is 25.2 Å². The fraction of sp³-hybridized carbons (Fsp3) is 0.350. The highest BCUT2D eigenvalue weighted by Crippen LogP contribution is 2.20. The number of hydrogen-bond donors (Lipinski definition) is 2. The van der Waals surface area contributed by atoms with Crippen LogP contribution >= 0.6 is 0 Å². The number of tetrazole rings is 1. The molecule has 9 nitrogen and oxygen atoms in total. The maximum absolute atomic E-state index is 12.4. The fourth-order valence-corrected chi connectivity index (χ4v) is 3.26. The van der Waals surface area contributed by atoms with E-state index in [1.165, 1.54) is 0 Å². The highest BCUT2D eigenvalue weighted by Gasteiger charge is 2.23. The SMILES string of the molecule is N#C[C@H](Cc1ccc(-c2ccc3nnnn3c2)cc1)NC(=O)[C@@H]1CNCCCO1. The zero-order chi connectivity index (χ0) is 20.1. The lowest BCUT2D eigenvalue weighted by molar-refractivity contribution is -0.132. The largest absolute Gasteiger partial charge is 0.367 e. The number of amides is 1. The molecule has 1 fully saturated rings. The molecule has 0 unspecified atom stereocenters. The van der Waals surface area contributed by atoms with Crippen LogP contribution in [0.3, 0.4) is 0 Å². The van der Waals surface area contributed by atoms with E-state index in [4.69, 9.17) is 4.74 Å². The molecule has 3 heterocycles. The Morgan fingerprint density at radius 1 is 1.31 bits per heavy atom. The van der Waals surface area contributed by atoms with Crippen molar-refractivity contribution in [1.29, 1.82) is 5.26 Å². The van der Waals surface area contributed by atoms with Gasteiger partial charge in [-0.1, -0.05) is 24.3 Å². The van der Waals surface area contributed by atoms with Gasteiger partial charge in [0, 0.05) is 31.3 Å². The average Bonchev–Trinajstić information content (AvgIpc) is 3.05. The van der Waals surface area contributed by atoms with Crippen molar-refractivity contribution in [2.75, 3.05) is 19.7 Å². The van der Waals surface area contributed by atoms with Crippen molar-refractivity contribution in [3.05, 3.63) is 48.2 Å². The molecule has 9 heteroatoms. The van der Waals surface area contributed by atoms with Crippen LogP contribution in [0.2, 0.25) is 0 Å². The molecule has 0 spiro atoms. The van der Waals surface area contributed by atoms with Crippen LogP contribution in [-0.4, -0.2) is 57.8 Å². The summed E-state index contributed by atoms with van der Waals surface area (Å²) in [5.74, 6) is -0.252. The van der Waals surface area contributed by atoms with Crippen LogP contribution < -0.4 is 10.6 Å². The number of rotatable bonds is 5. The van der Waals surface area contributed by atoms with Gasteiger partial charge in [0.1, 0.15) is 12.1 Å². The second-order valence-electron chi connectivity index (χ2n) is 6.91. The summed E-state index contributed by atoms with van der Waals surface area (Å²) in [6.07, 6.45) is 2.60. The number of pyridine rings is 1. The second kappa shape index (κ2) is 8.77. The van der Waals surface area contributed by atoms with E-state index < -0.39 is 12.1 Å². The van der Waals surface area contributed by atoms with Gasteiger partial charge in [-0.15, -0.1) is 5.10 Å². The number of ether oxygens (including phenoxy) is 1. The predicted molar refractivity (Wildman–Crippen MR) is 105 cm³/mol. The first-order chi connectivity index (χ1) is 14.2. The van der Waals surface area contributed by atoms with Crippen LogP contribution in [0.4, 0.5) is 0 Å². The molecule has 0 radical (unpaired) electrons. The molecule has 2 N–H and O–H groups in total. The molecule has 29 heavy (non-hydrogen) atoms. The third-order valence-corrected chi connectivity index (χ3v) is 4.83. The van der Waals surface area contributed by atoms with Crippen LogP contribution in [0.1, 0.15) is 12.0 Å². The van der Waals surface area contributed by atoms with E-state index in [0.717, 1.165) is 29.7 Å². The number of hydrogen-bond acceptors (Lipinski definition) is 7. The van der Waals surface area contributed by atoms with Gasteiger partial charge in [0.05, 0.1) is 6.07 Å². The Labute approximate surface area is 167 Å². The Morgan fingerprint density at radius 3 is 2.97 bits per heavy atom. The summed E-state index contributed by atoms with van der Waals surface area (Å²) < 4.78 is 7.17. The van der Waals surface area contributed by atoms with Gasteiger partial charge in [0.15, 0.2) is 5.65 Å². The zero-order valence-corrected chi connectivity index (χ0v) is 15.8. The first kappa shape index (κ1) is 19.0. The van der Waals surface area contributed by atoms with E-state index in [1.54, 1.807) is 4.52 Å². The van der Waals surface area contributed by atoms with E-state index in [2.05, 4.69) is 32.2 Å². The van der Waals surface area contributed by atoms with Gasteiger partial charge >= 0.3 is 0 Å². The number of nitriles is 1. The maximum atomic E-state index is 12.4. The zero-order valence-electron chi connectivity index (χ0n) is 15.8. The fourth-order valence-electron chi connectivity index (χ4n) is 3.26. The lowest BCUT2D eigenvalue weighted by Crippen LogP contribution is -2.46. The first-order valence-corrected chi connectivity index (χ1v) is 9.52. The van der Waals surface area contributed by atoms with Gasteiger partial charge < -0.3 is 15.4 Å². The van der Waals surface area contributed by atoms with Crippen molar-refractivity contribution in [1.82, 2.24) is 30.7 Å². The molecule has 1 aliphatic rings. The van der Waals surface area contributed by atoms with Crippen LogP contribution in [0.25, 0.3) is 16.8 Å². The Hall–Kier alpha value is -3.35. The van der Waals surface area contributed by atoms with Crippen LogP contribution in [0, 0.1) is 11.3 Å². The van der Waals surface area contributed by atoms with E-state index in [9.17, 15) is 10.1 Å². The number of nitrogens with zero attached hydrogens (tertiary/aromatic N) is 5. The summed E-state index contributed by atoms with van der Waals surface area (Å²) in [7, 11) is 0. The van der Waals surface area contributed by atoms with Gasteiger partial charge in [0.2, 0.25) is 0 Å². The van der Waals surface area contributed by atoms with E-state index >= 15 is 0 Å². The third-order valence-electron chi connectivity index (χ3n) is 4.83. The Kier molecular flexibility index (Phi) is 5.74. The molecule has 2 atom stereocenters. The van der Waals surface area contributed by atoms with E-state index in [-0.39, 0.29) is 5.91 Å². The maximum Gasteiger partial charge on any atom is 0.251 e. The van der Waals surface area contributed by atoms with Crippen LogP contribution in [0.5, 0.6) is 0 Å². The van der Waals surface area contributed by atoms with Gasteiger partial charge in [-0.3, -0.25) is 4.79 Å². The standard InChI is InChI=1S/C20H21N7O2/c21-11-17(23-20(28)18-12-22-8-1-9-29-18)10-14-2-4-15(5-3-14)16-6-7-19-24-25-26-27(19)13-16/h2-7,13,17-18,22H,1,8-10,12H2,(H,23,28)/t17-,18-/m0/s1. The molecule has 4 rings (SSSR count). The van der Waals surface area contributed by atoms with Crippen molar-refractivity contribution in [2.24, 2.45) is 0 Å². The smallest absolute Gasteiger partial charge is 0.251 e. The first-order valence-electron chi connectivity index (χ1n) is 9.52. The summed E-state index contributed by atoms with van der Waals surface area (Å²) >= 11 is 0. The molecular formula is C20H21N7O2. The van der Waals surface area contributed by atoms with Crippen molar-refractivity contribution >= 4 is 11.6 Å². The summed E-state index contributed by atoms with van der Waals surface area (Å²) in [6.45, 7) is 1.84. The molecule has 0 saturated carbocycles. The molecular weight excluding hydrogens is 370 g/mol. The quantitative estimate of drug-likeness (QED) is 0.658. The van der Waals surface area contributed by atoms with Gasteiger partial charge in [-0.05, 0) is 46.7 Å². The van der Waals surface area contributed by atoms with Crippen LogP contribution in [0.15, 0.2) is 42.6 Å². The van der Waals surface area contributed by atoms with Crippen molar-refractivity contribution in [3.8, 4) is 17.2 Å². The molecule has 1 amide bonds. The monoisotopic (exact) mass is 391 g/mol. The second-order valence-corrected chi connectivity index (χ2v) is 6.91. The number of carbonyl (C=O) groups excluding carboxylic acids is 1. The molecule has 148 valence electrons. The average molecular weight is 391 g/mol. The molecule has 3 aromatic rings. The third kappa shape index (κ3) is 4.56. The van der Waals surface area contributed by atoms with Crippen molar-refractivity contribution in [3.63, 3.8) is 0 Å². The van der Waals surface area contributed by atoms with Gasteiger partial charge in [-0.25, -0.2) is 4.52 Å². The number of fused-ring (bicyclic) bond motifs is 1. The molecule has 1 aromatic carbocycles. The molecule has 2 aromatic heterocycles. The number of benzene rings is 1. The Morgan fingerprint density at radius 2 is 2.14 bits per heavy atom. The normalized spacial score (nSPS) is 18.0. The van der Waals surface area contributed by atoms with E-state index in [1.807, 2.05) is 42.6 Å². The minimum Gasteiger partial charge on any atom is -0.367 e. The van der Waals surface area contributed by atoms with Crippen molar-refractivity contribution in [2.45, 2.75) is 25.0 Å². The highest BCUT2D eigenvalue weighted by atomic mass is 16.5. The summed E-state index contributed by atoms with van der Waals surface area (Å²) in [4.78, 5) is 12.4. The number of aromatic nitrogens is 4. The summed E-state index contributed by atoms with van der Waals surface area (Å²) in [5, 5.41) is 26.9.